The molecule has 236 valence electrons. The van der Waals surface area contributed by atoms with Crippen LogP contribution in [-0.4, -0.2) is 76.2 Å². The van der Waals surface area contributed by atoms with E-state index in [2.05, 4.69) is 32.2 Å². The number of alkyl halides is 3. The van der Waals surface area contributed by atoms with Crippen LogP contribution >= 0.6 is 0 Å². The quantitative estimate of drug-likeness (QED) is 0.174. The molecule has 0 spiro atoms. The largest absolute Gasteiger partial charge is 0.456 e. The SMILES string of the molecule is CN(C/C=C/C(=O)N1CCC(N=C(N)c2c(Oc3ccc(C(=O)Nc4cc(C(F)(F)F)ccn4)cc3)ccnc2N)C1)C1CC1. The summed E-state index contributed by atoms with van der Waals surface area (Å²) < 4.78 is 44.9. The molecule has 5 rings (SSSR count). The van der Waals surface area contributed by atoms with Gasteiger partial charge in [-0.15, -0.1) is 0 Å². The van der Waals surface area contributed by atoms with Crippen LogP contribution in [0.25, 0.3) is 0 Å². The van der Waals surface area contributed by atoms with E-state index >= 15 is 0 Å². The second-order valence-electron chi connectivity index (χ2n) is 10.9. The van der Waals surface area contributed by atoms with Gasteiger partial charge in [0.1, 0.15) is 34.5 Å². The van der Waals surface area contributed by atoms with E-state index in [1.165, 1.54) is 43.3 Å². The number of rotatable bonds is 10. The monoisotopic (exact) mass is 622 g/mol. The van der Waals surface area contributed by atoms with E-state index in [1.54, 1.807) is 17.0 Å². The first kappa shape index (κ1) is 31.4. The first-order valence-electron chi connectivity index (χ1n) is 14.3. The fourth-order valence-corrected chi connectivity index (χ4v) is 4.87. The third kappa shape index (κ3) is 8.15. The van der Waals surface area contributed by atoms with Gasteiger partial charge in [-0.2, -0.15) is 13.2 Å². The lowest BCUT2D eigenvalue weighted by Crippen LogP contribution is -2.29. The van der Waals surface area contributed by atoms with Crippen LogP contribution in [0.1, 0.15) is 40.7 Å². The first-order chi connectivity index (χ1) is 21.5. The normalized spacial score (nSPS) is 17.2. The molecule has 3 heterocycles. The van der Waals surface area contributed by atoms with E-state index in [-0.39, 0.29) is 40.7 Å². The Hall–Kier alpha value is -4.98. The minimum atomic E-state index is -4.56. The van der Waals surface area contributed by atoms with Crippen molar-refractivity contribution in [2.45, 2.75) is 37.5 Å². The summed E-state index contributed by atoms with van der Waals surface area (Å²) in [5, 5.41) is 2.36. The molecule has 11 nitrogen and oxygen atoms in total. The van der Waals surface area contributed by atoms with Gasteiger partial charge >= 0.3 is 6.18 Å². The summed E-state index contributed by atoms with van der Waals surface area (Å²) in [5.41, 5.74) is 12.1. The summed E-state index contributed by atoms with van der Waals surface area (Å²) in [6.45, 7) is 1.70. The Morgan fingerprint density at radius 3 is 2.58 bits per heavy atom. The molecule has 1 aromatic carbocycles. The van der Waals surface area contributed by atoms with Crippen molar-refractivity contribution in [1.82, 2.24) is 19.8 Å². The van der Waals surface area contributed by atoms with Crippen molar-refractivity contribution >= 4 is 29.3 Å². The maximum atomic E-state index is 13.0. The summed E-state index contributed by atoms with van der Waals surface area (Å²) in [4.78, 5) is 41.7. The summed E-state index contributed by atoms with van der Waals surface area (Å²) >= 11 is 0. The lowest BCUT2D eigenvalue weighted by Gasteiger charge is -2.15. The van der Waals surface area contributed by atoms with E-state index in [4.69, 9.17) is 16.2 Å². The van der Waals surface area contributed by atoms with Crippen LogP contribution in [0, 0.1) is 0 Å². The Bertz CT molecular complexity index is 1610. The number of amidine groups is 1. The Morgan fingerprint density at radius 1 is 1.13 bits per heavy atom. The Labute approximate surface area is 257 Å². The van der Waals surface area contributed by atoms with Crippen LogP contribution in [0.4, 0.5) is 24.8 Å². The van der Waals surface area contributed by atoms with Gasteiger partial charge in [-0.05, 0) is 62.7 Å². The summed E-state index contributed by atoms with van der Waals surface area (Å²) in [6, 6.07) is 9.46. The third-order valence-electron chi connectivity index (χ3n) is 7.49. The zero-order chi connectivity index (χ0) is 32.1. The number of likely N-dealkylation sites (tertiary alicyclic amines) is 1. The van der Waals surface area contributed by atoms with Gasteiger partial charge in [-0.3, -0.25) is 19.5 Å². The number of likely N-dealkylation sites (N-methyl/N-ethyl adjacent to an activating group) is 1. The number of aromatic nitrogens is 2. The molecule has 14 heteroatoms. The summed E-state index contributed by atoms with van der Waals surface area (Å²) in [7, 11) is 2.05. The standard InChI is InChI=1S/C31H33F3N8O3/c1-41(22-6-7-22)15-2-3-26(43)42-16-12-21(18-42)39-29(36)27-24(11-14-38-28(27)35)45-23-8-4-19(5-9-23)30(44)40-25-17-20(10-13-37-25)31(32,33)34/h2-5,8-11,13-14,17,21-22H,6-7,12,15-16,18H2,1H3,(H2,35,38)(H2,36,39)(H,37,40,44)/b3-2+. The van der Waals surface area contributed by atoms with Crippen molar-refractivity contribution in [2.75, 3.05) is 37.7 Å². The highest BCUT2D eigenvalue weighted by atomic mass is 19.4. The zero-order valence-electron chi connectivity index (χ0n) is 24.5. The van der Waals surface area contributed by atoms with E-state index in [0.29, 0.717) is 36.9 Å². The lowest BCUT2D eigenvalue weighted by molar-refractivity contribution is -0.137. The number of amides is 2. The summed E-state index contributed by atoms with van der Waals surface area (Å²) in [6.07, 6.45) is 4.40. The molecule has 1 atom stereocenters. The molecule has 2 amide bonds. The Kier molecular flexibility index (Phi) is 9.32. The molecule has 3 aromatic rings. The third-order valence-corrected chi connectivity index (χ3v) is 7.49. The summed E-state index contributed by atoms with van der Waals surface area (Å²) in [5.74, 6) is -0.118. The Balaban J connectivity index is 1.21. The van der Waals surface area contributed by atoms with Crippen LogP contribution in [-0.2, 0) is 11.0 Å². The number of halogens is 3. The molecule has 2 aliphatic rings. The molecule has 1 aliphatic carbocycles. The minimum Gasteiger partial charge on any atom is -0.456 e. The van der Waals surface area contributed by atoms with Gasteiger partial charge in [0.05, 0.1) is 11.6 Å². The molecule has 45 heavy (non-hydrogen) atoms. The number of nitrogens with one attached hydrogen (secondary N) is 1. The maximum absolute atomic E-state index is 13.0. The van der Waals surface area contributed by atoms with E-state index in [9.17, 15) is 22.8 Å². The lowest BCUT2D eigenvalue weighted by atomic mass is 10.2. The van der Waals surface area contributed by atoms with Gasteiger partial charge in [0, 0.05) is 55.8 Å². The van der Waals surface area contributed by atoms with Gasteiger partial charge in [0.25, 0.3) is 5.91 Å². The molecule has 2 fully saturated rings. The topological polar surface area (TPSA) is 152 Å². The number of nitrogens with zero attached hydrogens (tertiary/aromatic N) is 5. The average molecular weight is 623 g/mol. The molecule has 1 unspecified atom stereocenters. The number of carbonyl (C=O) groups is 2. The number of nitrogen functional groups attached to an aromatic ring is 1. The molecule has 1 aliphatic heterocycles. The van der Waals surface area contributed by atoms with Crippen LogP contribution in [0.15, 0.2) is 72.0 Å². The number of hydrogen-bond acceptors (Lipinski definition) is 8. The van der Waals surface area contributed by atoms with Crippen molar-refractivity contribution in [1.29, 1.82) is 0 Å². The van der Waals surface area contributed by atoms with Crippen molar-refractivity contribution in [3.8, 4) is 11.5 Å². The van der Waals surface area contributed by atoms with E-state index in [1.807, 2.05) is 6.08 Å². The smallest absolute Gasteiger partial charge is 0.416 e. The molecule has 0 radical (unpaired) electrons. The van der Waals surface area contributed by atoms with Gasteiger partial charge in [0.2, 0.25) is 5.91 Å². The second kappa shape index (κ2) is 13.3. The number of carbonyl (C=O) groups excluding carboxylic acids is 2. The predicted molar refractivity (Wildman–Crippen MR) is 163 cm³/mol. The van der Waals surface area contributed by atoms with Crippen LogP contribution in [0.2, 0.25) is 0 Å². The molecular weight excluding hydrogens is 589 g/mol. The number of benzene rings is 1. The van der Waals surface area contributed by atoms with Crippen molar-refractivity contribution in [3.63, 3.8) is 0 Å². The maximum Gasteiger partial charge on any atom is 0.416 e. The number of pyridine rings is 2. The van der Waals surface area contributed by atoms with Crippen molar-refractivity contribution in [2.24, 2.45) is 10.7 Å². The van der Waals surface area contributed by atoms with Gasteiger partial charge in [0.15, 0.2) is 0 Å². The number of aliphatic imine (C=N–C) groups is 1. The number of anilines is 2. The van der Waals surface area contributed by atoms with Gasteiger partial charge in [-0.25, -0.2) is 9.97 Å². The van der Waals surface area contributed by atoms with E-state index in [0.717, 1.165) is 24.9 Å². The van der Waals surface area contributed by atoms with Gasteiger partial charge < -0.3 is 26.4 Å². The molecule has 2 aromatic heterocycles. The number of ether oxygens (including phenoxy) is 1. The van der Waals surface area contributed by atoms with Crippen LogP contribution in [0.5, 0.6) is 11.5 Å². The number of nitrogens with two attached hydrogens (primary N) is 2. The molecule has 0 bridgehead atoms. The first-order valence-corrected chi connectivity index (χ1v) is 14.3. The fourth-order valence-electron chi connectivity index (χ4n) is 4.87. The minimum absolute atomic E-state index is 0.0661. The van der Waals surface area contributed by atoms with Crippen molar-refractivity contribution in [3.05, 3.63) is 83.7 Å². The number of hydrogen-bond donors (Lipinski definition) is 3. The van der Waals surface area contributed by atoms with E-state index < -0.39 is 17.6 Å². The highest BCUT2D eigenvalue weighted by Crippen LogP contribution is 2.31. The van der Waals surface area contributed by atoms with Crippen molar-refractivity contribution < 1.29 is 27.5 Å². The molecule has 5 N–H and O–H groups in total. The van der Waals surface area contributed by atoms with Crippen LogP contribution < -0.4 is 21.5 Å². The highest BCUT2D eigenvalue weighted by molar-refractivity contribution is 6.04. The molecule has 1 saturated carbocycles. The average Bonchev–Trinajstić information content (AvgIpc) is 3.75. The zero-order valence-corrected chi connectivity index (χ0v) is 24.5. The van der Waals surface area contributed by atoms with Gasteiger partial charge in [-0.1, -0.05) is 6.08 Å². The fraction of sp³-hybridized carbons (Fsp3) is 0.323. The molecule has 1 saturated heterocycles. The highest BCUT2D eigenvalue weighted by Gasteiger charge is 2.31. The second-order valence-corrected chi connectivity index (χ2v) is 10.9. The molecular formula is C31H33F3N8O3. The van der Waals surface area contributed by atoms with Crippen LogP contribution in [0.3, 0.4) is 0 Å². The Morgan fingerprint density at radius 2 is 1.87 bits per heavy atom. The predicted octanol–water partition coefficient (Wildman–Crippen LogP) is 4.08.